The largest absolute Gasteiger partial charge is 0.377 e. The molecule has 0 radical (unpaired) electrons. The van der Waals surface area contributed by atoms with Crippen LogP contribution < -0.4 is 5.32 Å². The summed E-state index contributed by atoms with van der Waals surface area (Å²) in [6.45, 7) is 0.129. The maximum atomic E-state index is 13.5. The zero-order chi connectivity index (χ0) is 13.1. The van der Waals surface area contributed by atoms with E-state index in [0.717, 1.165) is 0 Å². The SMILES string of the molecule is Fc1cc(Cl)ccc1CNc1c(F)cccc1Cl. The molecular formula is C13H9Cl2F2N. The lowest BCUT2D eigenvalue weighted by atomic mass is 10.2. The highest BCUT2D eigenvalue weighted by Gasteiger charge is 2.08. The van der Waals surface area contributed by atoms with Gasteiger partial charge in [-0.15, -0.1) is 0 Å². The van der Waals surface area contributed by atoms with E-state index in [9.17, 15) is 8.78 Å². The Bertz CT molecular complexity index is 553. The van der Waals surface area contributed by atoms with Crippen molar-refractivity contribution in [2.75, 3.05) is 5.32 Å². The number of anilines is 1. The third-order valence-electron chi connectivity index (χ3n) is 2.43. The summed E-state index contributed by atoms with van der Waals surface area (Å²) in [4.78, 5) is 0. The van der Waals surface area contributed by atoms with Crippen molar-refractivity contribution in [3.8, 4) is 0 Å². The monoisotopic (exact) mass is 287 g/mol. The van der Waals surface area contributed by atoms with E-state index in [2.05, 4.69) is 5.32 Å². The van der Waals surface area contributed by atoms with E-state index in [0.29, 0.717) is 10.6 Å². The molecule has 2 aromatic carbocycles. The first-order valence-electron chi connectivity index (χ1n) is 5.20. The fourth-order valence-corrected chi connectivity index (χ4v) is 1.90. The van der Waals surface area contributed by atoms with Gasteiger partial charge in [0.2, 0.25) is 0 Å². The highest BCUT2D eigenvalue weighted by Crippen LogP contribution is 2.25. The molecule has 2 aromatic rings. The van der Waals surface area contributed by atoms with Crippen LogP contribution in [0, 0.1) is 11.6 Å². The standard InChI is InChI=1S/C13H9Cl2F2N/c14-9-5-4-8(12(17)6-9)7-18-13-10(15)2-1-3-11(13)16/h1-6,18H,7H2. The molecule has 0 aliphatic rings. The Labute approximate surface area is 113 Å². The van der Waals surface area contributed by atoms with Crippen molar-refractivity contribution < 1.29 is 8.78 Å². The van der Waals surface area contributed by atoms with Crippen LogP contribution in [0.4, 0.5) is 14.5 Å². The molecular weight excluding hydrogens is 279 g/mol. The van der Waals surface area contributed by atoms with Crippen molar-refractivity contribution in [1.82, 2.24) is 0 Å². The van der Waals surface area contributed by atoms with Gasteiger partial charge in [-0.2, -0.15) is 0 Å². The summed E-state index contributed by atoms with van der Waals surface area (Å²) in [6, 6.07) is 8.68. The number of hydrogen-bond donors (Lipinski definition) is 1. The molecule has 2 rings (SSSR count). The number of nitrogens with one attached hydrogen (secondary N) is 1. The summed E-state index contributed by atoms with van der Waals surface area (Å²) in [6.07, 6.45) is 0. The molecule has 0 aliphatic carbocycles. The lowest BCUT2D eigenvalue weighted by molar-refractivity contribution is 0.610. The van der Waals surface area contributed by atoms with Gasteiger partial charge in [0.05, 0.1) is 10.7 Å². The lowest BCUT2D eigenvalue weighted by Crippen LogP contribution is -2.04. The minimum absolute atomic E-state index is 0.129. The maximum Gasteiger partial charge on any atom is 0.147 e. The van der Waals surface area contributed by atoms with Crippen LogP contribution in [0.1, 0.15) is 5.56 Å². The van der Waals surface area contributed by atoms with Gasteiger partial charge in [-0.05, 0) is 24.3 Å². The van der Waals surface area contributed by atoms with Crippen LogP contribution in [0.2, 0.25) is 10.0 Å². The summed E-state index contributed by atoms with van der Waals surface area (Å²) in [7, 11) is 0. The Morgan fingerprint density at radius 1 is 1.00 bits per heavy atom. The summed E-state index contributed by atoms with van der Waals surface area (Å²) >= 11 is 11.5. The molecule has 0 bridgehead atoms. The van der Waals surface area contributed by atoms with Crippen molar-refractivity contribution in [3.63, 3.8) is 0 Å². The molecule has 0 saturated carbocycles. The second-order valence-corrected chi connectivity index (χ2v) is 4.53. The Hall–Kier alpha value is -1.32. The normalized spacial score (nSPS) is 10.4. The summed E-state index contributed by atoms with van der Waals surface area (Å²) in [5.74, 6) is -0.917. The van der Waals surface area contributed by atoms with E-state index in [1.165, 1.54) is 18.2 Å². The van der Waals surface area contributed by atoms with Crippen LogP contribution in [0.15, 0.2) is 36.4 Å². The first-order chi connectivity index (χ1) is 8.58. The van der Waals surface area contributed by atoms with Gasteiger partial charge < -0.3 is 5.32 Å². The van der Waals surface area contributed by atoms with Crippen molar-refractivity contribution >= 4 is 28.9 Å². The second kappa shape index (κ2) is 5.55. The molecule has 0 aliphatic heterocycles. The molecule has 94 valence electrons. The van der Waals surface area contributed by atoms with E-state index in [-0.39, 0.29) is 17.3 Å². The van der Waals surface area contributed by atoms with E-state index < -0.39 is 11.6 Å². The van der Waals surface area contributed by atoms with Gasteiger partial charge in [0.15, 0.2) is 0 Å². The summed E-state index contributed by atoms with van der Waals surface area (Å²) in [5, 5.41) is 3.34. The van der Waals surface area contributed by atoms with Gasteiger partial charge in [-0.3, -0.25) is 0 Å². The number of para-hydroxylation sites is 1. The second-order valence-electron chi connectivity index (χ2n) is 3.69. The zero-order valence-corrected chi connectivity index (χ0v) is 10.7. The van der Waals surface area contributed by atoms with Crippen LogP contribution in [-0.2, 0) is 6.54 Å². The fraction of sp³-hybridized carbons (Fsp3) is 0.0769. The van der Waals surface area contributed by atoms with E-state index >= 15 is 0 Å². The Balaban J connectivity index is 2.16. The minimum Gasteiger partial charge on any atom is -0.377 e. The van der Waals surface area contributed by atoms with E-state index in [1.54, 1.807) is 18.2 Å². The molecule has 0 spiro atoms. The highest BCUT2D eigenvalue weighted by atomic mass is 35.5. The van der Waals surface area contributed by atoms with Gasteiger partial charge in [0, 0.05) is 17.1 Å². The third kappa shape index (κ3) is 2.92. The number of hydrogen-bond acceptors (Lipinski definition) is 1. The predicted octanol–water partition coefficient (Wildman–Crippen LogP) is 4.88. The highest BCUT2D eigenvalue weighted by molar-refractivity contribution is 6.33. The molecule has 5 heteroatoms. The molecule has 0 heterocycles. The van der Waals surface area contributed by atoms with Crippen molar-refractivity contribution in [2.24, 2.45) is 0 Å². The first-order valence-corrected chi connectivity index (χ1v) is 5.95. The van der Waals surface area contributed by atoms with Gasteiger partial charge in [0.25, 0.3) is 0 Å². The molecule has 0 amide bonds. The smallest absolute Gasteiger partial charge is 0.147 e. The Kier molecular flexibility index (Phi) is 4.04. The average Bonchev–Trinajstić information content (AvgIpc) is 2.31. The minimum atomic E-state index is -0.475. The van der Waals surface area contributed by atoms with Gasteiger partial charge >= 0.3 is 0 Å². The predicted molar refractivity (Wildman–Crippen MR) is 70.1 cm³/mol. The van der Waals surface area contributed by atoms with Gasteiger partial charge in [-0.1, -0.05) is 35.3 Å². The topological polar surface area (TPSA) is 12.0 Å². The maximum absolute atomic E-state index is 13.5. The van der Waals surface area contributed by atoms with Gasteiger partial charge in [-0.25, -0.2) is 8.78 Å². The average molecular weight is 288 g/mol. The van der Waals surface area contributed by atoms with Crippen molar-refractivity contribution in [1.29, 1.82) is 0 Å². The Morgan fingerprint density at radius 3 is 2.44 bits per heavy atom. The third-order valence-corrected chi connectivity index (χ3v) is 2.98. The quantitative estimate of drug-likeness (QED) is 0.848. The lowest BCUT2D eigenvalue weighted by Gasteiger charge is -2.10. The molecule has 1 N–H and O–H groups in total. The summed E-state index contributed by atoms with van der Waals surface area (Å²) < 4.78 is 27.0. The molecule has 0 atom stereocenters. The number of rotatable bonds is 3. The van der Waals surface area contributed by atoms with Crippen LogP contribution in [0.3, 0.4) is 0 Å². The number of benzene rings is 2. The zero-order valence-electron chi connectivity index (χ0n) is 9.18. The molecule has 0 aromatic heterocycles. The molecule has 0 saturated heterocycles. The number of halogens is 4. The molecule has 0 fully saturated rings. The Morgan fingerprint density at radius 2 is 1.78 bits per heavy atom. The van der Waals surface area contributed by atoms with Crippen LogP contribution >= 0.6 is 23.2 Å². The van der Waals surface area contributed by atoms with Gasteiger partial charge in [0.1, 0.15) is 11.6 Å². The van der Waals surface area contributed by atoms with Crippen LogP contribution in [0.5, 0.6) is 0 Å². The van der Waals surface area contributed by atoms with Crippen molar-refractivity contribution in [3.05, 3.63) is 63.6 Å². The molecule has 18 heavy (non-hydrogen) atoms. The fourth-order valence-electron chi connectivity index (χ4n) is 1.52. The van der Waals surface area contributed by atoms with E-state index in [4.69, 9.17) is 23.2 Å². The molecule has 1 nitrogen and oxygen atoms in total. The first kappa shape index (κ1) is 13.1. The van der Waals surface area contributed by atoms with Crippen molar-refractivity contribution in [2.45, 2.75) is 6.54 Å². The summed E-state index contributed by atoms with van der Waals surface area (Å²) in [5.41, 5.74) is 0.548. The van der Waals surface area contributed by atoms with Crippen LogP contribution in [-0.4, -0.2) is 0 Å². The molecule has 0 unspecified atom stereocenters. The van der Waals surface area contributed by atoms with E-state index in [1.807, 2.05) is 0 Å². The van der Waals surface area contributed by atoms with Crippen LogP contribution in [0.25, 0.3) is 0 Å².